The summed E-state index contributed by atoms with van der Waals surface area (Å²) in [4.78, 5) is 33.4. The van der Waals surface area contributed by atoms with Gasteiger partial charge >= 0.3 is 11.9 Å². The van der Waals surface area contributed by atoms with Gasteiger partial charge in [0.2, 0.25) is 5.91 Å². The molecule has 0 aliphatic carbocycles. The summed E-state index contributed by atoms with van der Waals surface area (Å²) in [5, 5.41) is 11.2. The molecule has 3 unspecified atom stereocenters. The summed E-state index contributed by atoms with van der Waals surface area (Å²) in [6.07, 6.45) is 0.443. The molecule has 1 aliphatic rings. The molecule has 0 saturated carbocycles. The van der Waals surface area contributed by atoms with Crippen molar-refractivity contribution < 1.29 is 24.2 Å². The van der Waals surface area contributed by atoms with Crippen molar-refractivity contribution in [2.24, 2.45) is 11.8 Å². The van der Waals surface area contributed by atoms with Crippen LogP contribution in [0.1, 0.15) is 20.3 Å². The lowest BCUT2D eigenvalue weighted by Gasteiger charge is -2.17. The maximum Gasteiger partial charge on any atom is 0.328 e. The van der Waals surface area contributed by atoms with Gasteiger partial charge in [0, 0.05) is 12.3 Å². The fourth-order valence-corrected chi connectivity index (χ4v) is 1.37. The summed E-state index contributed by atoms with van der Waals surface area (Å²) in [7, 11) is 0. The van der Waals surface area contributed by atoms with E-state index in [4.69, 9.17) is 5.11 Å². The molecule has 16 heavy (non-hydrogen) atoms. The molecular formula is C10H15NO5. The van der Waals surface area contributed by atoms with Crippen molar-refractivity contribution in [2.45, 2.75) is 26.3 Å². The highest BCUT2D eigenvalue weighted by molar-refractivity contribution is 5.88. The molecule has 1 heterocycles. The third kappa shape index (κ3) is 2.71. The molecule has 3 atom stereocenters. The highest BCUT2D eigenvalue weighted by atomic mass is 16.5. The SMILES string of the molecule is CC(C(=O)O)C(C)C(=O)NC1CCOC1=O. The largest absolute Gasteiger partial charge is 0.481 e. The van der Waals surface area contributed by atoms with E-state index in [2.05, 4.69) is 10.1 Å². The average molecular weight is 229 g/mol. The van der Waals surface area contributed by atoms with Crippen molar-refractivity contribution >= 4 is 17.8 Å². The summed E-state index contributed by atoms with van der Waals surface area (Å²) in [5.74, 6) is -3.37. The van der Waals surface area contributed by atoms with Gasteiger partial charge in [0.1, 0.15) is 6.04 Å². The second-order valence-electron chi connectivity index (χ2n) is 3.93. The molecule has 0 spiro atoms. The first-order chi connectivity index (χ1) is 7.43. The van der Waals surface area contributed by atoms with Crippen molar-refractivity contribution in [3.05, 3.63) is 0 Å². The number of nitrogens with one attached hydrogen (secondary N) is 1. The van der Waals surface area contributed by atoms with E-state index in [0.29, 0.717) is 13.0 Å². The Hall–Kier alpha value is -1.59. The molecule has 2 N–H and O–H groups in total. The number of hydrogen-bond donors (Lipinski definition) is 2. The van der Waals surface area contributed by atoms with Crippen LogP contribution < -0.4 is 5.32 Å². The minimum absolute atomic E-state index is 0.298. The normalized spacial score (nSPS) is 23.4. The Balaban J connectivity index is 2.51. The van der Waals surface area contributed by atoms with Gasteiger partial charge < -0.3 is 15.2 Å². The van der Waals surface area contributed by atoms with E-state index in [0.717, 1.165) is 0 Å². The van der Waals surface area contributed by atoms with Crippen LogP contribution in [0.25, 0.3) is 0 Å². The van der Waals surface area contributed by atoms with E-state index >= 15 is 0 Å². The summed E-state index contributed by atoms with van der Waals surface area (Å²) in [6.45, 7) is 3.28. The van der Waals surface area contributed by atoms with Crippen molar-refractivity contribution in [3.8, 4) is 0 Å². The number of carbonyl (C=O) groups is 3. The van der Waals surface area contributed by atoms with E-state index in [9.17, 15) is 14.4 Å². The molecule has 0 aromatic heterocycles. The summed E-state index contributed by atoms with van der Waals surface area (Å²) < 4.78 is 4.68. The molecule has 0 radical (unpaired) electrons. The smallest absolute Gasteiger partial charge is 0.328 e. The van der Waals surface area contributed by atoms with E-state index < -0.39 is 35.7 Å². The molecule has 1 aliphatic heterocycles. The Morgan fingerprint density at radius 3 is 2.50 bits per heavy atom. The number of aliphatic carboxylic acids is 1. The van der Waals surface area contributed by atoms with Gasteiger partial charge in [-0.1, -0.05) is 13.8 Å². The number of amides is 1. The number of cyclic esters (lactones) is 1. The number of carbonyl (C=O) groups excluding carboxylic acids is 2. The van der Waals surface area contributed by atoms with Crippen molar-refractivity contribution in [3.63, 3.8) is 0 Å². The summed E-state index contributed by atoms with van der Waals surface area (Å²) in [6, 6.07) is -0.629. The number of rotatable bonds is 4. The molecule has 0 aromatic carbocycles. The van der Waals surface area contributed by atoms with Crippen LogP contribution in [0.3, 0.4) is 0 Å². The van der Waals surface area contributed by atoms with Gasteiger partial charge in [0.05, 0.1) is 12.5 Å². The van der Waals surface area contributed by atoms with Gasteiger partial charge in [-0.25, -0.2) is 4.79 Å². The first-order valence-corrected chi connectivity index (χ1v) is 5.13. The fraction of sp³-hybridized carbons (Fsp3) is 0.700. The molecule has 1 rings (SSSR count). The third-order valence-corrected chi connectivity index (χ3v) is 2.80. The van der Waals surface area contributed by atoms with Gasteiger partial charge in [-0.3, -0.25) is 9.59 Å². The first kappa shape index (κ1) is 12.5. The van der Waals surface area contributed by atoms with Crippen LogP contribution in [-0.4, -0.2) is 35.6 Å². The van der Waals surface area contributed by atoms with Crippen molar-refractivity contribution in [2.75, 3.05) is 6.61 Å². The molecule has 90 valence electrons. The topological polar surface area (TPSA) is 92.7 Å². The Bertz CT molecular complexity index is 314. The summed E-state index contributed by atoms with van der Waals surface area (Å²) >= 11 is 0. The quantitative estimate of drug-likeness (QED) is 0.650. The molecule has 1 saturated heterocycles. The molecule has 6 nitrogen and oxygen atoms in total. The molecule has 0 aromatic rings. The van der Waals surface area contributed by atoms with E-state index in [1.807, 2.05) is 0 Å². The molecule has 0 bridgehead atoms. The number of carboxylic acid groups (broad SMARTS) is 1. The zero-order valence-corrected chi connectivity index (χ0v) is 9.23. The molecule has 1 fully saturated rings. The van der Waals surface area contributed by atoms with Crippen molar-refractivity contribution in [1.82, 2.24) is 5.32 Å². The Morgan fingerprint density at radius 1 is 1.44 bits per heavy atom. The molecular weight excluding hydrogens is 214 g/mol. The third-order valence-electron chi connectivity index (χ3n) is 2.80. The molecule has 6 heteroatoms. The average Bonchev–Trinajstić information content (AvgIpc) is 2.62. The number of esters is 1. The second-order valence-corrected chi connectivity index (χ2v) is 3.93. The van der Waals surface area contributed by atoms with Gasteiger partial charge in [0.15, 0.2) is 0 Å². The highest BCUT2D eigenvalue weighted by Gasteiger charge is 2.32. The zero-order chi connectivity index (χ0) is 12.3. The Labute approximate surface area is 93.0 Å². The minimum atomic E-state index is -1.03. The summed E-state index contributed by atoms with van der Waals surface area (Å²) in [5.41, 5.74) is 0. The lowest BCUT2D eigenvalue weighted by molar-refractivity contribution is -0.146. The van der Waals surface area contributed by atoms with Crippen LogP contribution in [-0.2, 0) is 19.1 Å². The van der Waals surface area contributed by atoms with Gasteiger partial charge in [-0.05, 0) is 0 Å². The van der Waals surface area contributed by atoms with Gasteiger partial charge in [0.25, 0.3) is 0 Å². The van der Waals surface area contributed by atoms with E-state index in [1.165, 1.54) is 13.8 Å². The van der Waals surface area contributed by atoms with Crippen LogP contribution in [0.4, 0.5) is 0 Å². The predicted octanol–water partition coefficient (Wildman–Crippen LogP) is -0.225. The lowest BCUT2D eigenvalue weighted by Crippen LogP contribution is -2.43. The van der Waals surface area contributed by atoms with Crippen LogP contribution in [0.15, 0.2) is 0 Å². The maximum atomic E-state index is 11.6. The monoisotopic (exact) mass is 229 g/mol. The molecule has 1 amide bonds. The fourth-order valence-electron chi connectivity index (χ4n) is 1.37. The van der Waals surface area contributed by atoms with Gasteiger partial charge in [-0.15, -0.1) is 0 Å². The standard InChI is InChI=1S/C10H15NO5/c1-5(6(2)9(13)14)8(12)11-7-3-4-16-10(7)15/h5-7H,3-4H2,1-2H3,(H,11,12)(H,13,14). The minimum Gasteiger partial charge on any atom is -0.481 e. The number of ether oxygens (including phenoxy) is 1. The van der Waals surface area contributed by atoms with Crippen LogP contribution in [0.2, 0.25) is 0 Å². The highest BCUT2D eigenvalue weighted by Crippen LogP contribution is 2.13. The Morgan fingerprint density at radius 2 is 2.06 bits per heavy atom. The zero-order valence-electron chi connectivity index (χ0n) is 9.23. The van der Waals surface area contributed by atoms with Crippen LogP contribution in [0.5, 0.6) is 0 Å². The predicted molar refractivity (Wildman–Crippen MR) is 53.5 cm³/mol. The van der Waals surface area contributed by atoms with Crippen molar-refractivity contribution in [1.29, 1.82) is 0 Å². The Kier molecular flexibility index (Phi) is 3.87. The number of carboxylic acids is 1. The van der Waals surface area contributed by atoms with Crippen LogP contribution in [0, 0.1) is 11.8 Å². The second kappa shape index (κ2) is 4.96. The first-order valence-electron chi connectivity index (χ1n) is 5.13. The van der Waals surface area contributed by atoms with Crippen LogP contribution >= 0.6 is 0 Å². The van der Waals surface area contributed by atoms with E-state index in [-0.39, 0.29) is 0 Å². The lowest BCUT2D eigenvalue weighted by atomic mass is 9.95. The number of hydrogen-bond acceptors (Lipinski definition) is 4. The maximum absolute atomic E-state index is 11.6. The van der Waals surface area contributed by atoms with Gasteiger partial charge in [-0.2, -0.15) is 0 Å². The van der Waals surface area contributed by atoms with E-state index in [1.54, 1.807) is 0 Å².